The largest absolute Gasteiger partial charge is 0.309 e. The minimum Gasteiger partial charge on any atom is -0.309 e. The number of benzene rings is 11. The van der Waals surface area contributed by atoms with Crippen molar-refractivity contribution in [2.75, 3.05) is 4.90 Å². The van der Waals surface area contributed by atoms with Gasteiger partial charge >= 0.3 is 0 Å². The third kappa shape index (κ3) is 6.35. The Labute approximate surface area is 373 Å². The lowest BCUT2D eigenvalue weighted by molar-refractivity contribution is 1.18. The van der Waals surface area contributed by atoms with Crippen LogP contribution in [0.4, 0.5) is 17.1 Å². The number of hydrogen-bond donors (Lipinski definition) is 0. The third-order valence-electron chi connectivity index (χ3n) is 12.8. The molecule has 0 aliphatic carbocycles. The molecule has 0 atom stereocenters. The van der Waals surface area contributed by atoms with E-state index in [-0.39, 0.29) is 0 Å². The highest BCUT2D eigenvalue weighted by Crippen LogP contribution is 2.48. The lowest BCUT2D eigenvalue weighted by atomic mass is 9.93. The number of para-hydroxylation sites is 3. The number of aromatic nitrogens is 1. The van der Waals surface area contributed by atoms with E-state index in [1.807, 2.05) is 0 Å². The fourth-order valence-corrected chi connectivity index (χ4v) is 9.86. The molecule has 0 aliphatic rings. The second kappa shape index (κ2) is 15.8. The van der Waals surface area contributed by atoms with Gasteiger partial charge in [0.05, 0.1) is 28.1 Å². The molecule has 0 radical (unpaired) electrons. The lowest BCUT2D eigenvalue weighted by Crippen LogP contribution is -2.13. The molecule has 0 bridgehead atoms. The summed E-state index contributed by atoms with van der Waals surface area (Å²) in [6.45, 7) is 0. The van der Waals surface area contributed by atoms with Crippen LogP contribution in [0, 0.1) is 0 Å². The van der Waals surface area contributed by atoms with E-state index in [4.69, 9.17) is 0 Å². The average Bonchev–Trinajstić information content (AvgIpc) is 3.72. The van der Waals surface area contributed by atoms with Crippen molar-refractivity contribution in [1.29, 1.82) is 0 Å². The maximum Gasteiger partial charge on any atom is 0.0547 e. The highest BCUT2D eigenvalue weighted by atomic mass is 15.1. The van der Waals surface area contributed by atoms with Crippen LogP contribution in [0.1, 0.15) is 0 Å². The van der Waals surface area contributed by atoms with Crippen LogP contribution in [0.15, 0.2) is 255 Å². The van der Waals surface area contributed by atoms with Crippen molar-refractivity contribution in [3.05, 3.63) is 255 Å². The Morgan fingerprint density at radius 1 is 0.281 bits per heavy atom. The first kappa shape index (κ1) is 37.3. The zero-order chi connectivity index (χ0) is 42.4. The molecular formula is C62H42N2. The molecule has 0 fully saturated rings. The number of hydrogen-bond acceptors (Lipinski definition) is 1. The fourth-order valence-electron chi connectivity index (χ4n) is 9.86. The highest BCUT2D eigenvalue weighted by Gasteiger charge is 2.24. The molecule has 2 nitrogen and oxygen atoms in total. The van der Waals surface area contributed by atoms with Gasteiger partial charge in [0.2, 0.25) is 0 Å². The average molecular weight is 815 g/mol. The summed E-state index contributed by atoms with van der Waals surface area (Å²) in [5, 5.41) is 7.50. The second-order valence-corrected chi connectivity index (χ2v) is 16.4. The summed E-state index contributed by atoms with van der Waals surface area (Å²) in [4.78, 5) is 2.47. The van der Waals surface area contributed by atoms with Gasteiger partial charge in [-0.15, -0.1) is 0 Å². The van der Waals surface area contributed by atoms with Crippen LogP contribution < -0.4 is 4.90 Å². The van der Waals surface area contributed by atoms with E-state index in [0.29, 0.717) is 0 Å². The van der Waals surface area contributed by atoms with Crippen LogP contribution >= 0.6 is 0 Å². The van der Waals surface area contributed by atoms with Crippen LogP contribution in [-0.4, -0.2) is 4.57 Å². The molecule has 64 heavy (non-hydrogen) atoms. The summed E-state index contributed by atoms with van der Waals surface area (Å²) in [6.07, 6.45) is 0. The maximum absolute atomic E-state index is 2.47. The van der Waals surface area contributed by atoms with Crippen LogP contribution in [0.5, 0.6) is 0 Å². The van der Waals surface area contributed by atoms with Crippen molar-refractivity contribution < 1.29 is 0 Å². The molecule has 0 spiro atoms. The summed E-state index contributed by atoms with van der Waals surface area (Å²) in [5.41, 5.74) is 16.1. The quantitative estimate of drug-likeness (QED) is 0.148. The van der Waals surface area contributed by atoms with Crippen molar-refractivity contribution in [3.63, 3.8) is 0 Å². The SMILES string of the molecule is c1ccc(-c2ccc(N(c3ccc(-c4cccc5ccccc45)cc3-c3ccccc3)c3ccccc3-c3ccccc3-n3c4ccccc4c4c5ccccc5ccc43)cc2)cc1. The van der Waals surface area contributed by atoms with Gasteiger partial charge in [0.15, 0.2) is 0 Å². The molecule has 0 saturated carbocycles. The van der Waals surface area contributed by atoms with Crippen molar-refractivity contribution in [1.82, 2.24) is 4.57 Å². The smallest absolute Gasteiger partial charge is 0.0547 e. The molecule has 0 aliphatic heterocycles. The molecule has 300 valence electrons. The predicted octanol–water partition coefficient (Wildman–Crippen LogP) is 17.2. The lowest BCUT2D eigenvalue weighted by Gasteiger charge is -2.31. The van der Waals surface area contributed by atoms with Gasteiger partial charge in [-0.05, 0) is 97.9 Å². The van der Waals surface area contributed by atoms with Gasteiger partial charge in [0, 0.05) is 33.2 Å². The van der Waals surface area contributed by atoms with Gasteiger partial charge in [-0.25, -0.2) is 0 Å². The van der Waals surface area contributed by atoms with E-state index >= 15 is 0 Å². The molecule has 0 saturated heterocycles. The Hall–Kier alpha value is -8.46. The Morgan fingerprint density at radius 2 is 0.828 bits per heavy atom. The van der Waals surface area contributed by atoms with Crippen molar-refractivity contribution in [3.8, 4) is 50.2 Å². The van der Waals surface area contributed by atoms with Gasteiger partial charge in [-0.1, -0.05) is 206 Å². The number of fused-ring (bicyclic) bond motifs is 6. The Balaban J connectivity index is 1.11. The second-order valence-electron chi connectivity index (χ2n) is 16.4. The van der Waals surface area contributed by atoms with Gasteiger partial charge in [0.25, 0.3) is 0 Å². The minimum absolute atomic E-state index is 1.07. The van der Waals surface area contributed by atoms with E-state index in [1.165, 1.54) is 65.6 Å². The number of anilines is 3. The molecule has 2 heteroatoms. The minimum atomic E-state index is 1.07. The summed E-state index contributed by atoms with van der Waals surface area (Å²) in [5.74, 6) is 0. The first-order valence-corrected chi connectivity index (χ1v) is 22.0. The Morgan fingerprint density at radius 3 is 1.62 bits per heavy atom. The predicted molar refractivity (Wildman–Crippen MR) is 272 cm³/mol. The molecule has 0 N–H and O–H groups in total. The van der Waals surface area contributed by atoms with Crippen molar-refractivity contribution >= 4 is 60.4 Å². The Kier molecular flexibility index (Phi) is 9.20. The van der Waals surface area contributed by atoms with Crippen LogP contribution in [0.2, 0.25) is 0 Å². The zero-order valence-corrected chi connectivity index (χ0v) is 35.1. The molecule has 0 unspecified atom stereocenters. The number of rotatable bonds is 8. The van der Waals surface area contributed by atoms with E-state index in [2.05, 4.69) is 264 Å². The molecule has 0 amide bonds. The Bertz CT molecular complexity index is 3650. The van der Waals surface area contributed by atoms with Gasteiger partial charge in [0.1, 0.15) is 0 Å². The molecule has 12 aromatic rings. The van der Waals surface area contributed by atoms with Gasteiger partial charge in [-0.3, -0.25) is 0 Å². The topological polar surface area (TPSA) is 8.17 Å². The van der Waals surface area contributed by atoms with Crippen LogP contribution in [0.25, 0.3) is 93.5 Å². The number of nitrogens with zero attached hydrogens (tertiary/aromatic N) is 2. The zero-order valence-electron chi connectivity index (χ0n) is 35.1. The summed E-state index contributed by atoms with van der Waals surface area (Å²) < 4.78 is 2.47. The van der Waals surface area contributed by atoms with Gasteiger partial charge < -0.3 is 9.47 Å². The van der Waals surface area contributed by atoms with E-state index in [0.717, 1.165) is 45.0 Å². The third-order valence-corrected chi connectivity index (χ3v) is 12.8. The standard InChI is InChI=1S/C62H42N2/c1-3-18-43(19-4-1)44-34-38-49(39-35-44)63(60-40-37-48(42-56(60)46-20-5-2-6-21-46)51-30-17-24-45-22-7-9-25-50(45)51)57-31-14-11-27-53(57)54-28-12-15-32-58(54)64-59-33-16-13-29-55(59)62-52-26-10-8-23-47(52)36-41-61(62)64/h1-42H. The normalized spacial score (nSPS) is 11.4. The maximum atomic E-state index is 2.47. The molecule has 1 aromatic heterocycles. The van der Waals surface area contributed by atoms with E-state index in [9.17, 15) is 0 Å². The molecule has 12 rings (SSSR count). The fraction of sp³-hybridized carbons (Fsp3) is 0. The first-order valence-electron chi connectivity index (χ1n) is 22.0. The molecular weight excluding hydrogens is 773 g/mol. The van der Waals surface area contributed by atoms with Gasteiger partial charge in [-0.2, -0.15) is 0 Å². The monoisotopic (exact) mass is 814 g/mol. The van der Waals surface area contributed by atoms with E-state index in [1.54, 1.807) is 0 Å². The summed E-state index contributed by atoms with van der Waals surface area (Å²) in [7, 11) is 0. The molecule has 11 aromatic carbocycles. The van der Waals surface area contributed by atoms with Crippen molar-refractivity contribution in [2.45, 2.75) is 0 Å². The summed E-state index contributed by atoms with van der Waals surface area (Å²) >= 11 is 0. The van der Waals surface area contributed by atoms with Crippen LogP contribution in [-0.2, 0) is 0 Å². The summed E-state index contributed by atoms with van der Waals surface area (Å²) in [6, 6.07) is 92.8. The van der Waals surface area contributed by atoms with Crippen LogP contribution in [0.3, 0.4) is 0 Å². The van der Waals surface area contributed by atoms with E-state index < -0.39 is 0 Å². The molecule has 1 heterocycles. The van der Waals surface area contributed by atoms with Crippen molar-refractivity contribution in [2.24, 2.45) is 0 Å². The first-order chi connectivity index (χ1) is 31.8. The highest BCUT2D eigenvalue weighted by molar-refractivity contribution is 6.21.